The van der Waals surface area contributed by atoms with E-state index in [1.54, 1.807) is 31.3 Å². The molecule has 2 nitrogen and oxygen atoms in total. The van der Waals surface area contributed by atoms with Gasteiger partial charge >= 0.3 is 0 Å². The fourth-order valence-corrected chi connectivity index (χ4v) is 1.81. The SMILES string of the molecule is CN(c1ccccc1)c1c(F)cc(CO)cc1F. The molecule has 0 radical (unpaired) electrons. The Balaban J connectivity index is 2.45. The van der Waals surface area contributed by atoms with E-state index in [1.807, 2.05) is 6.07 Å². The molecule has 0 bridgehead atoms. The molecule has 2 aromatic rings. The molecule has 0 aromatic heterocycles. The fourth-order valence-electron chi connectivity index (χ4n) is 1.81. The predicted molar refractivity (Wildman–Crippen MR) is 66.8 cm³/mol. The van der Waals surface area contributed by atoms with Crippen molar-refractivity contribution in [3.63, 3.8) is 0 Å². The van der Waals surface area contributed by atoms with Crippen molar-refractivity contribution < 1.29 is 13.9 Å². The van der Waals surface area contributed by atoms with Gasteiger partial charge in [-0.15, -0.1) is 0 Å². The maximum absolute atomic E-state index is 13.8. The lowest BCUT2D eigenvalue weighted by atomic mass is 10.1. The summed E-state index contributed by atoms with van der Waals surface area (Å²) in [6.45, 7) is -0.386. The number of rotatable bonds is 3. The number of aliphatic hydroxyl groups excluding tert-OH is 1. The van der Waals surface area contributed by atoms with Gasteiger partial charge in [0.1, 0.15) is 17.3 Å². The highest BCUT2D eigenvalue weighted by Crippen LogP contribution is 2.29. The van der Waals surface area contributed by atoms with Crippen molar-refractivity contribution in [2.45, 2.75) is 6.61 Å². The van der Waals surface area contributed by atoms with Crippen molar-refractivity contribution in [2.75, 3.05) is 11.9 Å². The third-order valence-electron chi connectivity index (χ3n) is 2.74. The Kier molecular flexibility index (Phi) is 3.58. The van der Waals surface area contributed by atoms with Crippen molar-refractivity contribution in [3.05, 3.63) is 59.7 Å². The first-order chi connectivity index (χ1) is 8.63. The summed E-state index contributed by atoms with van der Waals surface area (Å²) in [4.78, 5) is 1.44. The smallest absolute Gasteiger partial charge is 0.150 e. The molecule has 94 valence electrons. The zero-order valence-electron chi connectivity index (χ0n) is 9.90. The van der Waals surface area contributed by atoms with Gasteiger partial charge < -0.3 is 10.0 Å². The van der Waals surface area contributed by atoms with Crippen molar-refractivity contribution in [1.29, 1.82) is 0 Å². The van der Waals surface area contributed by atoms with Gasteiger partial charge in [0.25, 0.3) is 0 Å². The van der Waals surface area contributed by atoms with Crippen molar-refractivity contribution >= 4 is 11.4 Å². The summed E-state index contributed by atoms with van der Waals surface area (Å²) in [5.41, 5.74) is 0.778. The second-order valence-electron chi connectivity index (χ2n) is 3.96. The lowest BCUT2D eigenvalue weighted by Gasteiger charge is -2.21. The zero-order valence-corrected chi connectivity index (χ0v) is 9.90. The predicted octanol–water partition coefficient (Wildman–Crippen LogP) is 3.23. The number of hydrogen-bond acceptors (Lipinski definition) is 2. The molecule has 0 saturated carbocycles. The minimum absolute atomic E-state index is 0.126. The van der Waals surface area contributed by atoms with Crippen LogP contribution in [0.2, 0.25) is 0 Å². The van der Waals surface area contributed by atoms with Crippen molar-refractivity contribution in [2.24, 2.45) is 0 Å². The molecular formula is C14H13F2NO. The first kappa shape index (κ1) is 12.5. The molecule has 2 aromatic carbocycles. The molecule has 2 rings (SSSR count). The minimum atomic E-state index is -0.689. The Labute approximate surface area is 104 Å². The third kappa shape index (κ3) is 2.33. The Bertz CT molecular complexity index is 520. The quantitative estimate of drug-likeness (QED) is 0.902. The topological polar surface area (TPSA) is 23.5 Å². The van der Waals surface area contributed by atoms with Crippen LogP contribution < -0.4 is 4.90 Å². The molecule has 0 fully saturated rings. The summed E-state index contributed by atoms with van der Waals surface area (Å²) < 4.78 is 27.7. The van der Waals surface area contributed by atoms with E-state index in [2.05, 4.69) is 0 Å². The largest absolute Gasteiger partial charge is 0.392 e. The second-order valence-corrected chi connectivity index (χ2v) is 3.96. The average Bonchev–Trinajstić information content (AvgIpc) is 2.38. The maximum atomic E-state index is 13.8. The highest BCUT2D eigenvalue weighted by molar-refractivity contribution is 5.63. The van der Waals surface area contributed by atoms with Crippen LogP contribution in [0.5, 0.6) is 0 Å². The van der Waals surface area contributed by atoms with Gasteiger partial charge in [0, 0.05) is 12.7 Å². The molecule has 0 aliphatic carbocycles. The minimum Gasteiger partial charge on any atom is -0.392 e. The third-order valence-corrected chi connectivity index (χ3v) is 2.74. The van der Waals surface area contributed by atoms with Crippen LogP contribution in [0.3, 0.4) is 0 Å². The van der Waals surface area contributed by atoms with Crippen LogP contribution in [0.1, 0.15) is 5.56 Å². The lowest BCUT2D eigenvalue weighted by molar-refractivity contribution is 0.280. The molecule has 4 heteroatoms. The first-order valence-corrected chi connectivity index (χ1v) is 5.51. The van der Waals surface area contributed by atoms with Gasteiger partial charge in [0.15, 0.2) is 0 Å². The van der Waals surface area contributed by atoms with E-state index in [1.165, 1.54) is 4.90 Å². The summed E-state index contributed by atoms with van der Waals surface area (Å²) in [5, 5.41) is 8.89. The van der Waals surface area contributed by atoms with Gasteiger partial charge in [-0.05, 0) is 29.8 Å². The van der Waals surface area contributed by atoms with E-state index >= 15 is 0 Å². The van der Waals surface area contributed by atoms with Gasteiger partial charge in [-0.2, -0.15) is 0 Å². The molecule has 0 saturated heterocycles. The summed E-state index contributed by atoms with van der Waals surface area (Å²) in [7, 11) is 1.59. The van der Waals surface area contributed by atoms with Gasteiger partial charge in [-0.25, -0.2) is 8.78 Å². The molecule has 0 atom stereocenters. The number of benzene rings is 2. The molecule has 0 amide bonds. The Hall–Kier alpha value is -1.94. The second kappa shape index (κ2) is 5.14. The fraction of sp³-hybridized carbons (Fsp3) is 0.143. The van der Waals surface area contributed by atoms with Crippen LogP contribution in [0.4, 0.5) is 20.2 Å². The average molecular weight is 249 g/mol. The van der Waals surface area contributed by atoms with Crippen LogP contribution in [0.25, 0.3) is 0 Å². The van der Waals surface area contributed by atoms with E-state index < -0.39 is 11.6 Å². The van der Waals surface area contributed by atoms with Gasteiger partial charge in [0.2, 0.25) is 0 Å². The number of anilines is 2. The molecular weight excluding hydrogens is 236 g/mol. The van der Waals surface area contributed by atoms with E-state index in [4.69, 9.17) is 5.11 Å². The zero-order chi connectivity index (χ0) is 13.1. The van der Waals surface area contributed by atoms with Crippen LogP contribution in [0.15, 0.2) is 42.5 Å². The molecule has 0 aliphatic heterocycles. The normalized spacial score (nSPS) is 10.4. The molecule has 0 heterocycles. The Morgan fingerprint density at radius 2 is 1.61 bits per heavy atom. The van der Waals surface area contributed by atoms with Crippen molar-refractivity contribution in [3.8, 4) is 0 Å². The standard InChI is InChI=1S/C14H13F2NO/c1-17(11-5-3-2-4-6-11)14-12(15)7-10(9-18)8-13(14)16/h2-8,18H,9H2,1H3. The van der Waals surface area contributed by atoms with E-state index in [9.17, 15) is 8.78 Å². The van der Waals surface area contributed by atoms with Crippen LogP contribution in [-0.4, -0.2) is 12.2 Å². The van der Waals surface area contributed by atoms with Gasteiger partial charge in [-0.3, -0.25) is 0 Å². The number of halogens is 2. The lowest BCUT2D eigenvalue weighted by Crippen LogP contribution is -2.13. The molecule has 1 N–H and O–H groups in total. The number of hydrogen-bond donors (Lipinski definition) is 1. The van der Waals surface area contributed by atoms with Gasteiger partial charge in [0.05, 0.1) is 6.61 Å². The number of para-hydroxylation sites is 1. The first-order valence-electron chi connectivity index (χ1n) is 5.51. The highest BCUT2D eigenvalue weighted by atomic mass is 19.1. The van der Waals surface area contributed by atoms with E-state index in [-0.39, 0.29) is 17.9 Å². The summed E-state index contributed by atoms with van der Waals surface area (Å²) in [6.07, 6.45) is 0. The molecule has 0 spiro atoms. The van der Waals surface area contributed by atoms with Crippen LogP contribution in [0, 0.1) is 11.6 Å². The van der Waals surface area contributed by atoms with E-state index in [0.717, 1.165) is 12.1 Å². The van der Waals surface area contributed by atoms with Crippen LogP contribution in [-0.2, 0) is 6.61 Å². The molecule has 0 unspecified atom stereocenters. The van der Waals surface area contributed by atoms with Gasteiger partial charge in [-0.1, -0.05) is 18.2 Å². The highest BCUT2D eigenvalue weighted by Gasteiger charge is 2.16. The van der Waals surface area contributed by atoms with Crippen molar-refractivity contribution in [1.82, 2.24) is 0 Å². The number of nitrogens with zero attached hydrogens (tertiary/aromatic N) is 1. The monoisotopic (exact) mass is 249 g/mol. The summed E-state index contributed by atoms with van der Waals surface area (Å²) in [6, 6.07) is 11.2. The molecule has 18 heavy (non-hydrogen) atoms. The van der Waals surface area contributed by atoms with E-state index in [0.29, 0.717) is 5.69 Å². The Morgan fingerprint density at radius 1 is 1.06 bits per heavy atom. The number of aliphatic hydroxyl groups is 1. The Morgan fingerprint density at radius 3 is 2.11 bits per heavy atom. The molecule has 0 aliphatic rings. The van der Waals surface area contributed by atoms with Crippen LogP contribution >= 0.6 is 0 Å². The summed E-state index contributed by atoms with van der Waals surface area (Å²) in [5.74, 6) is -1.38. The maximum Gasteiger partial charge on any atom is 0.150 e. The summed E-state index contributed by atoms with van der Waals surface area (Å²) >= 11 is 0.